The maximum atomic E-state index is 14.8. The molecule has 4 fully saturated rings. The summed E-state index contributed by atoms with van der Waals surface area (Å²) in [5.41, 5.74) is 6.21. The Morgan fingerprint density at radius 3 is 2.26 bits per heavy atom. The van der Waals surface area contributed by atoms with E-state index in [9.17, 15) is 48.9 Å². The van der Waals surface area contributed by atoms with Crippen LogP contribution in [0.2, 0.25) is 0 Å². The number of methoxy groups -OCH3 is 3. The molecule has 3 aromatic rings. The van der Waals surface area contributed by atoms with E-state index in [0.29, 0.717) is 117 Å². The van der Waals surface area contributed by atoms with E-state index in [4.69, 9.17) is 34.1 Å². The van der Waals surface area contributed by atoms with Gasteiger partial charge < -0.3 is 75.1 Å². The van der Waals surface area contributed by atoms with Crippen LogP contribution in [0.1, 0.15) is 165 Å². The number of carbonyl (C=O) groups is 6. The van der Waals surface area contributed by atoms with Crippen molar-refractivity contribution in [2.75, 3.05) is 88.9 Å². The van der Waals surface area contributed by atoms with Crippen LogP contribution in [0.3, 0.4) is 0 Å². The molecule has 24 nitrogen and oxygen atoms in total. The Balaban J connectivity index is 0.866. The standard InChI is InChI=1S/C77H113N9O15S/c1-45(2)82-60-40-56(39-57(58(60)42-78)73(92)81-44-59-48(5)35-51(8)83-74(59)93)55-19-21-68(80-43-55)85-28-26-84(27-29-85)25-23-79-69(90)22-31-102-30-15-16-54-33-46(3)32-47(4)34-66(98-11)71-67(99-12)37-50(7)77(96,101-71)72(91)75(94)86-24-14-13-17-61(86)76(95)100-70(52(9)63(88)41-64(54)89)49(6)36-53-18-20-62(87)65(38-53)97-10/h19,21,33,35-36,39-40,42-43,45,47,50,52-54,61-63,65-67,70-71,78,82,87-88,96H,13-18,20,22-32,34,37-38,41,44H2,1-12H3,(H,79,90)(H,81,92)(H,83,93)/b46-33+,49-36+,78-42?/t47-,50+,52+,53-,54+,61-,62+,63-,65+,66-,67-,70+,71+,77+/m0/s1. The van der Waals surface area contributed by atoms with Crippen molar-refractivity contribution in [2.24, 2.45) is 29.6 Å². The van der Waals surface area contributed by atoms with Crippen LogP contribution >= 0.6 is 11.8 Å². The summed E-state index contributed by atoms with van der Waals surface area (Å²) in [6, 6.07) is 8.33. The number of H-pyrrole nitrogens is 1. The molecule has 0 spiro atoms. The van der Waals surface area contributed by atoms with E-state index in [1.165, 1.54) is 25.3 Å². The average Bonchev–Trinajstić information content (AvgIpc) is 0.788. The van der Waals surface area contributed by atoms with E-state index >= 15 is 0 Å². The molecule has 4 aliphatic heterocycles. The van der Waals surface area contributed by atoms with Gasteiger partial charge in [0, 0.05) is 157 Å². The number of ether oxygens (including phenoxy) is 5. The lowest BCUT2D eigenvalue weighted by atomic mass is 9.81. The molecule has 2 bridgehead atoms. The number of esters is 1. The second-order valence-corrected chi connectivity index (χ2v) is 30.6. The number of piperazine rings is 1. The van der Waals surface area contributed by atoms with Gasteiger partial charge in [-0.3, -0.25) is 33.7 Å². The number of amides is 3. The highest BCUT2D eigenvalue weighted by atomic mass is 32.2. The van der Waals surface area contributed by atoms with E-state index < -0.39 is 95.9 Å². The quantitative estimate of drug-likeness (QED) is 0.0146. The summed E-state index contributed by atoms with van der Waals surface area (Å²) < 4.78 is 30.3. The third-order valence-corrected chi connectivity index (χ3v) is 22.3. The number of anilines is 2. The number of hydrogen-bond acceptors (Lipinski definition) is 21. The van der Waals surface area contributed by atoms with E-state index in [1.54, 1.807) is 45.0 Å². The van der Waals surface area contributed by atoms with Crippen molar-refractivity contribution in [1.29, 1.82) is 5.41 Å². The third kappa shape index (κ3) is 21.1. The number of pyridine rings is 2. The fourth-order valence-electron chi connectivity index (χ4n) is 15.3. The normalized spacial score (nSPS) is 29.1. The number of hydrogen-bond donors (Lipinski definition) is 8. The Morgan fingerprint density at radius 2 is 1.59 bits per heavy atom. The molecule has 0 radical (unpaired) electrons. The molecule has 1 saturated carbocycles. The number of carbonyl (C=O) groups excluding carboxylic acids is 6. The number of benzene rings is 1. The first kappa shape index (κ1) is 81.0. The van der Waals surface area contributed by atoms with Crippen LogP contribution in [0.25, 0.3) is 11.1 Å². The molecule has 3 saturated heterocycles. The first-order valence-electron chi connectivity index (χ1n) is 36.7. The summed E-state index contributed by atoms with van der Waals surface area (Å²) in [6.45, 7) is 21.1. The Morgan fingerprint density at radius 1 is 0.863 bits per heavy atom. The number of fused-ring (bicyclic) bond motifs is 3. The molecular weight excluding hydrogens is 1320 g/mol. The van der Waals surface area contributed by atoms with Crippen molar-refractivity contribution < 1.29 is 67.8 Å². The van der Waals surface area contributed by atoms with Crippen molar-refractivity contribution in [2.45, 2.75) is 213 Å². The van der Waals surface area contributed by atoms with Gasteiger partial charge in [-0.15, -0.1) is 0 Å². The zero-order valence-corrected chi connectivity index (χ0v) is 62.8. The maximum Gasteiger partial charge on any atom is 0.329 e. The molecule has 5 aliphatic rings. The predicted octanol–water partition coefficient (Wildman–Crippen LogP) is 8.02. The number of rotatable bonds is 23. The van der Waals surface area contributed by atoms with Crippen LogP contribution in [0.15, 0.2) is 64.6 Å². The predicted molar refractivity (Wildman–Crippen MR) is 395 cm³/mol. The van der Waals surface area contributed by atoms with Gasteiger partial charge in [-0.25, -0.2) is 9.78 Å². The lowest BCUT2D eigenvalue weighted by Crippen LogP contribution is -2.64. The molecular formula is C77H113N9O15S. The van der Waals surface area contributed by atoms with Crippen LogP contribution in [-0.2, 0) is 54.2 Å². The smallest absolute Gasteiger partial charge is 0.329 e. The molecule has 3 amide bonds. The maximum absolute atomic E-state index is 14.8. The minimum absolute atomic E-state index is 0.0192. The summed E-state index contributed by atoms with van der Waals surface area (Å²) in [4.78, 5) is 112. The van der Waals surface area contributed by atoms with Crippen LogP contribution in [0, 0.1) is 48.8 Å². The molecule has 8 N–H and O–H groups in total. The number of nitrogens with one attached hydrogen (secondary N) is 5. The lowest BCUT2D eigenvalue weighted by molar-refractivity contribution is -0.302. The van der Waals surface area contributed by atoms with Gasteiger partial charge in [0.2, 0.25) is 11.7 Å². The second kappa shape index (κ2) is 37.8. The van der Waals surface area contributed by atoms with Gasteiger partial charge in [-0.2, -0.15) is 11.8 Å². The highest BCUT2D eigenvalue weighted by Gasteiger charge is 2.57. The van der Waals surface area contributed by atoms with Crippen molar-refractivity contribution in [1.82, 2.24) is 30.4 Å². The van der Waals surface area contributed by atoms with Gasteiger partial charge in [-0.05, 0) is 177 Å². The molecule has 562 valence electrons. The summed E-state index contributed by atoms with van der Waals surface area (Å²) in [5, 5.41) is 52.8. The van der Waals surface area contributed by atoms with Gasteiger partial charge in [0.1, 0.15) is 29.9 Å². The number of aliphatic hydroxyl groups excluding tert-OH is 2. The first-order valence-corrected chi connectivity index (χ1v) is 37.8. The Bertz CT molecular complexity index is 3500. The summed E-state index contributed by atoms with van der Waals surface area (Å²) in [6.07, 6.45) is 6.59. The highest BCUT2D eigenvalue weighted by molar-refractivity contribution is 7.99. The Labute approximate surface area is 606 Å². The number of aliphatic hydroxyl groups is 3. The van der Waals surface area contributed by atoms with Gasteiger partial charge in [0.15, 0.2) is 0 Å². The molecule has 8 rings (SSSR count). The second-order valence-electron chi connectivity index (χ2n) is 29.4. The SMILES string of the molecule is CO[C@H]1C[C@@H](C)C/C(C)=C/[C@@H](CCCSCCC(=O)NCCN2CCN(c3ccc(-c4cc(NC(C)C)c(C=N)c(C(=O)NCc5c(C)cc(C)[nH]c5=O)c4)cn3)CC2)C(=O)C[C@H](O)[C@@H](C)[C@@H](/C(C)=C/[C@@H]2CC[C@@H](O)[C@H](OC)C2)OC(=O)[C@@H]2CCCCN2C(=O)C(=O)[C@]2(O)O[C@H]1[C@@H](OC)C[C@H]2C. The zero-order valence-electron chi connectivity index (χ0n) is 62.0. The summed E-state index contributed by atoms with van der Waals surface area (Å²) in [7, 11) is 4.61. The number of thioether (sulfide) groups is 1. The van der Waals surface area contributed by atoms with Crippen molar-refractivity contribution in [3.05, 3.63) is 98.1 Å². The van der Waals surface area contributed by atoms with E-state index in [0.717, 1.165) is 60.0 Å². The molecule has 6 heterocycles. The average molecular weight is 1440 g/mol. The number of aryl methyl sites for hydroxylation is 2. The molecule has 14 atom stereocenters. The van der Waals surface area contributed by atoms with Gasteiger partial charge >= 0.3 is 5.97 Å². The fraction of sp³-hybridized carbons (Fsp3) is 0.649. The molecule has 0 unspecified atom stereocenters. The Hall–Kier alpha value is -6.68. The number of piperidine rings is 1. The number of allylic oxidation sites excluding steroid dienone is 3. The van der Waals surface area contributed by atoms with Crippen molar-refractivity contribution >= 4 is 64.7 Å². The molecule has 1 aliphatic carbocycles. The number of aromatic amines is 1. The van der Waals surface area contributed by atoms with Crippen LogP contribution in [0.5, 0.6) is 0 Å². The Kier molecular flexibility index (Phi) is 30.1. The number of ketones is 2. The van der Waals surface area contributed by atoms with E-state index in [2.05, 4.69) is 30.7 Å². The lowest BCUT2D eigenvalue weighted by Gasteiger charge is -2.47. The minimum Gasteiger partial charge on any atom is -0.456 e. The van der Waals surface area contributed by atoms with Crippen molar-refractivity contribution in [3.8, 4) is 11.1 Å². The monoisotopic (exact) mass is 1440 g/mol. The van der Waals surface area contributed by atoms with E-state index in [-0.39, 0.29) is 67.5 Å². The fourth-order valence-corrected chi connectivity index (χ4v) is 16.2. The molecule has 2 aromatic heterocycles. The van der Waals surface area contributed by atoms with Gasteiger partial charge in [0.05, 0.1) is 36.1 Å². The topological polar surface area (TPSA) is 325 Å². The largest absolute Gasteiger partial charge is 0.456 e. The summed E-state index contributed by atoms with van der Waals surface area (Å²) >= 11 is 1.64. The molecule has 102 heavy (non-hydrogen) atoms. The first-order chi connectivity index (χ1) is 48.7. The van der Waals surface area contributed by atoms with Gasteiger partial charge in [0.25, 0.3) is 23.2 Å². The molecule has 25 heteroatoms. The molecule has 1 aromatic carbocycles. The van der Waals surface area contributed by atoms with Crippen LogP contribution in [-0.4, -0.2) is 216 Å². The zero-order chi connectivity index (χ0) is 74.1. The summed E-state index contributed by atoms with van der Waals surface area (Å²) in [5.74, 6) is -6.51. The van der Waals surface area contributed by atoms with Gasteiger partial charge in [-0.1, -0.05) is 38.5 Å². The number of cyclic esters (lactones) is 1. The van der Waals surface area contributed by atoms with Crippen LogP contribution in [0.4, 0.5) is 11.5 Å². The minimum atomic E-state index is -2.56. The van der Waals surface area contributed by atoms with Crippen LogP contribution < -0.4 is 26.4 Å². The third-order valence-electron chi connectivity index (χ3n) is 21.2. The number of Topliss-reactive ketones (excluding diaryl/α,β-unsaturated/α-hetero) is 2. The number of nitrogens with zero attached hydrogens (tertiary/aromatic N) is 4. The number of aromatic nitrogens is 2. The highest BCUT2D eigenvalue weighted by Crippen LogP contribution is 2.40. The van der Waals surface area contributed by atoms with E-state index in [1.807, 2.05) is 84.9 Å². The van der Waals surface area contributed by atoms with Crippen molar-refractivity contribution in [3.63, 3.8) is 0 Å².